The smallest absolute Gasteiger partial charge is 0.343 e. The predicted octanol–water partition coefficient (Wildman–Crippen LogP) is 2.36. The second-order valence-electron chi connectivity index (χ2n) is 4.57. The van der Waals surface area contributed by atoms with Gasteiger partial charge in [0.25, 0.3) is 0 Å². The van der Waals surface area contributed by atoms with E-state index < -0.39 is 11.9 Å². The highest BCUT2D eigenvalue weighted by molar-refractivity contribution is 6.14. The van der Waals surface area contributed by atoms with Gasteiger partial charge in [-0.25, -0.2) is 9.59 Å². The number of esters is 2. The van der Waals surface area contributed by atoms with Crippen molar-refractivity contribution < 1.29 is 14.3 Å². The number of ether oxygens (including phenoxy) is 1. The number of cyclic esters (lactones) is 2. The first-order valence-corrected chi connectivity index (χ1v) is 5.92. The first-order chi connectivity index (χ1) is 8.68. The average molecular weight is 240 g/mol. The van der Waals surface area contributed by atoms with E-state index >= 15 is 0 Å². The van der Waals surface area contributed by atoms with Gasteiger partial charge in [0.15, 0.2) is 0 Å². The maximum atomic E-state index is 11.8. The van der Waals surface area contributed by atoms with Crippen molar-refractivity contribution in [2.75, 3.05) is 0 Å². The van der Waals surface area contributed by atoms with Crippen molar-refractivity contribution in [1.82, 2.24) is 0 Å². The van der Waals surface area contributed by atoms with E-state index in [1.165, 1.54) is 0 Å². The zero-order valence-electron chi connectivity index (χ0n) is 9.92. The Labute approximate surface area is 105 Å². The molecule has 90 valence electrons. The fraction of sp³-hybridized carbons (Fsp3) is 0.200. The Morgan fingerprint density at radius 2 is 1.61 bits per heavy atom. The highest BCUT2D eigenvalue weighted by Crippen LogP contribution is 2.40. The SMILES string of the molecule is C[C@H]1C=C[C@@H](c2ccccc2)C2=C1C(=O)OC2=O. The van der Waals surface area contributed by atoms with Gasteiger partial charge in [0.2, 0.25) is 0 Å². The van der Waals surface area contributed by atoms with Crippen molar-refractivity contribution in [1.29, 1.82) is 0 Å². The molecule has 1 heterocycles. The molecule has 0 unspecified atom stereocenters. The molecule has 2 aliphatic rings. The molecule has 18 heavy (non-hydrogen) atoms. The molecule has 2 atom stereocenters. The fourth-order valence-electron chi connectivity index (χ4n) is 2.55. The van der Waals surface area contributed by atoms with Crippen LogP contribution in [0.15, 0.2) is 53.6 Å². The van der Waals surface area contributed by atoms with Gasteiger partial charge in [0, 0.05) is 11.8 Å². The lowest BCUT2D eigenvalue weighted by Gasteiger charge is -2.20. The summed E-state index contributed by atoms with van der Waals surface area (Å²) in [6.07, 6.45) is 3.93. The predicted molar refractivity (Wildman–Crippen MR) is 65.6 cm³/mol. The zero-order valence-corrected chi connectivity index (χ0v) is 9.92. The maximum Gasteiger partial charge on any atom is 0.343 e. The van der Waals surface area contributed by atoms with Crippen LogP contribution in [0.2, 0.25) is 0 Å². The van der Waals surface area contributed by atoms with Gasteiger partial charge in [-0.2, -0.15) is 0 Å². The van der Waals surface area contributed by atoms with Crippen LogP contribution in [0.4, 0.5) is 0 Å². The molecule has 0 fully saturated rings. The molecule has 1 aliphatic heterocycles. The zero-order chi connectivity index (χ0) is 12.7. The standard InChI is InChI=1S/C15H12O3/c1-9-7-8-11(10-5-3-2-4-6-10)13-12(9)14(16)18-15(13)17/h2-9,11H,1H3/t9-,11-/m0/s1. The van der Waals surface area contributed by atoms with Gasteiger partial charge in [-0.3, -0.25) is 0 Å². The Bertz CT molecular complexity index is 581. The molecule has 1 aromatic carbocycles. The molecule has 0 spiro atoms. The number of benzene rings is 1. The Hall–Kier alpha value is -2.16. The van der Waals surface area contributed by atoms with Crippen LogP contribution in [0.1, 0.15) is 18.4 Å². The average Bonchev–Trinajstić information content (AvgIpc) is 2.68. The van der Waals surface area contributed by atoms with E-state index in [1.807, 2.05) is 49.4 Å². The summed E-state index contributed by atoms with van der Waals surface area (Å²) in [5.41, 5.74) is 2.01. The van der Waals surface area contributed by atoms with Gasteiger partial charge in [-0.1, -0.05) is 49.4 Å². The van der Waals surface area contributed by atoms with E-state index in [9.17, 15) is 9.59 Å². The molecule has 3 heteroatoms. The van der Waals surface area contributed by atoms with E-state index in [4.69, 9.17) is 4.74 Å². The van der Waals surface area contributed by atoms with Crippen molar-refractivity contribution >= 4 is 11.9 Å². The van der Waals surface area contributed by atoms with Gasteiger partial charge in [0.1, 0.15) is 0 Å². The summed E-state index contributed by atoms with van der Waals surface area (Å²) in [7, 11) is 0. The van der Waals surface area contributed by atoms with E-state index in [-0.39, 0.29) is 11.8 Å². The van der Waals surface area contributed by atoms with Gasteiger partial charge in [-0.05, 0) is 5.56 Å². The van der Waals surface area contributed by atoms with Crippen molar-refractivity contribution in [2.24, 2.45) is 5.92 Å². The van der Waals surface area contributed by atoms with Crippen molar-refractivity contribution in [3.8, 4) is 0 Å². The topological polar surface area (TPSA) is 43.4 Å². The molecular weight excluding hydrogens is 228 g/mol. The quantitative estimate of drug-likeness (QED) is 0.430. The Kier molecular flexibility index (Phi) is 2.40. The molecule has 0 aromatic heterocycles. The molecular formula is C15H12O3. The van der Waals surface area contributed by atoms with E-state index in [1.54, 1.807) is 0 Å². The highest BCUT2D eigenvalue weighted by Gasteiger charge is 2.40. The second kappa shape index (κ2) is 3.95. The summed E-state index contributed by atoms with van der Waals surface area (Å²) in [6, 6.07) is 9.66. The molecule has 3 rings (SSSR count). The minimum Gasteiger partial charge on any atom is -0.386 e. The summed E-state index contributed by atoms with van der Waals surface area (Å²) >= 11 is 0. The first kappa shape index (κ1) is 11.0. The monoisotopic (exact) mass is 240 g/mol. The normalized spacial score (nSPS) is 26.3. The van der Waals surface area contributed by atoms with Crippen LogP contribution in [-0.2, 0) is 14.3 Å². The van der Waals surface area contributed by atoms with Crippen LogP contribution < -0.4 is 0 Å². The Morgan fingerprint density at radius 3 is 2.33 bits per heavy atom. The molecule has 1 aliphatic carbocycles. The maximum absolute atomic E-state index is 11.8. The number of allylic oxidation sites excluding steroid dienone is 2. The van der Waals surface area contributed by atoms with Crippen molar-refractivity contribution in [2.45, 2.75) is 12.8 Å². The van der Waals surface area contributed by atoms with E-state index in [0.717, 1.165) is 5.56 Å². The van der Waals surface area contributed by atoms with Crippen LogP contribution in [0.3, 0.4) is 0 Å². The lowest BCUT2D eigenvalue weighted by molar-refractivity contribution is -0.151. The number of carbonyl (C=O) groups is 2. The molecule has 0 amide bonds. The third-order valence-corrected chi connectivity index (χ3v) is 3.43. The van der Waals surface area contributed by atoms with E-state index in [2.05, 4.69) is 0 Å². The Morgan fingerprint density at radius 1 is 0.944 bits per heavy atom. The van der Waals surface area contributed by atoms with Crippen LogP contribution in [0.5, 0.6) is 0 Å². The van der Waals surface area contributed by atoms with Crippen LogP contribution in [0, 0.1) is 5.92 Å². The minimum atomic E-state index is -0.500. The molecule has 0 saturated carbocycles. The lowest BCUT2D eigenvalue weighted by atomic mass is 9.80. The number of carbonyl (C=O) groups excluding carboxylic acids is 2. The van der Waals surface area contributed by atoms with E-state index in [0.29, 0.717) is 11.1 Å². The van der Waals surface area contributed by atoms with Gasteiger partial charge >= 0.3 is 11.9 Å². The second-order valence-corrected chi connectivity index (χ2v) is 4.57. The molecule has 1 aromatic rings. The Balaban J connectivity index is 2.12. The highest BCUT2D eigenvalue weighted by atomic mass is 16.6. The molecule has 3 nitrogen and oxygen atoms in total. The summed E-state index contributed by atoms with van der Waals surface area (Å²) in [5.74, 6) is -1.22. The van der Waals surface area contributed by atoms with Crippen molar-refractivity contribution in [3.63, 3.8) is 0 Å². The molecule has 0 saturated heterocycles. The van der Waals surface area contributed by atoms with Gasteiger partial charge < -0.3 is 4.74 Å². The van der Waals surface area contributed by atoms with Gasteiger partial charge in [0.05, 0.1) is 11.1 Å². The fourth-order valence-corrected chi connectivity index (χ4v) is 2.55. The summed E-state index contributed by atoms with van der Waals surface area (Å²) in [4.78, 5) is 23.5. The summed E-state index contributed by atoms with van der Waals surface area (Å²) < 4.78 is 4.74. The largest absolute Gasteiger partial charge is 0.386 e. The number of hydrogen-bond donors (Lipinski definition) is 0. The molecule has 0 bridgehead atoms. The van der Waals surface area contributed by atoms with Crippen LogP contribution in [0.25, 0.3) is 0 Å². The van der Waals surface area contributed by atoms with Gasteiger partial charge in [-0.15, -0.1) is 0 Å². The minimum absolute atomic E-state index is 0.0566. The lowest BCUT2D eigenvalue weighted by Crippen LogP contribution is -2.14. The molecule has 0 radical (unpaired) electrons. The number of rotatable bonds is 1. The summed E-state index contributed by atoms with van der Waals surface area (Å²) in [6.45, 7) is 1.90. The van der Waals surface area contributed by atoms with Crippen LogP contribution in [-0.4, -0.2) is 11.9 Å². The number of hydrogen-bond acceptors (Lipinski definition) is 3. The third-order valence-electron chi connectivity index (χ3n) is 3.43. The molecule has 0 N–H and O–H groups in total. The third kappa shape index (κ3) is 1.51. The summed E-state index contributed by atoms with van der Waals surface area (Å²) in [5, 5.41) is 0. The van der Waals surface area contributed by atoms with Crippen LogP contribution >= 0.6 is 0 Å². The first-order valence-electron chi connectivity index (χ1n) is 5.92. The van der Waals surface area contributed by atoms with Crippen molar-refractivity contribution in [3.05, 3.63) is 59.2 Å².